The highest BCUT2D eigenvalue weighted by molar-refractivity contribution is 8.19. The number of benzene rings is 4. The topological polar surface area (TPSA) is 27.7 Å². The van der Waals surface area contributed by atoms with Crippen LogP contribution in [0.15, 0.2) is 127 Å². The lowest BCUT2D eigenvalue weighted by molar-refractivity contribution is -0.0215. The lowest BCUT2D eigenvalue weighted by Gasteiger charge is -2.44. The van der Waals surface area contributed by atoms with Gasteiger partial charge in [0.25, 0.3) is 8.32 Å². The smallest absolute Gasteiger partial charge is 0.261 e. The summed E-state index contributed by atoms with van der Waals surface area (Å²) in [5.74, 6) is 2.38. The van der Waals surface area contributed by atoms with Crippen molar-refractivity contribution in [2.24, 2.45) is 0 Å². The van der Waals surface area contributed by atoms with Gasteiger partial charge >= 0.3 is 0 Å². The number of hydrogen-bond acceptors (Lipinski definition) is 5. The summed E-state index contributed by atoms with van der Waals surface area (Å²) in [5.41, 5.74) is 2.43. The van der Waals surface area contributed by atoms with E-state index in [1.165, 1.54) is 39.4 Å². The van der Waals surface area contributed by atoms with Crippen molar-refractivity contribution in [1.82, 2.24) is 0 Å². The Labute approximate surface area is 338 Å². The zero-order valence-corrected chi connectivity index (χ0v) is 37.7. The SMILES string of the molecule is CC(C)(C)[Si](C)(C)O[C@@H](CCC1(/C=C/c2ccccc2)SCCCS1)C[C@H](CO[Si](c1ccccc1)(c1ccccc1)C(C)(C)C)OCc1ccccc1. The number of ether oxygens (including phenoxy) is 1. The molecule has 54 heavy (non-hydrogen) atoms. The van der Waals surface area contributed by atoms with Crippen LogP contribution in [0.4, 0.5) is 0 Å². The second kappa shape index (κ2) is 19.2. The maximum atomic E-state index is 7.57. The Hall–Kier alpha value is -2.37. The maximum Gasteiger partial charge on any atom is 0.261 e. The molecule has 4 aromatic rings. The van der Waals surface area contributed by atoms with Crippen LogP contribution in [-0.4, -0.2) is 51.0 Å². The molecule has 0 unspecified atom stereocenters. The van der Waals surface area contributed by atoms with E-state index in [1.807, 2.05) is 0 Å². The summed E-state index contributed by atoms with van der Waals surface area (Å²) in [6.07, 6.45) is 8.76. The minimum absolute atomic E-state index is 0.0228. The highest BCUT2D eigenvalue weighted by Crippen LogP contribution is 2.48. The van der Waals surface area contributed by atoms with Gasteiger partial charge in [-0.3, -0.25) is 0 Å². The van der Waals surface area contributed by atoms with Crippen LogP contribution in [-0.2, 0) is 20.2 Å². The standard InChI is InChI=1S/C47H64O3S2Si2/c1-45(2,3)53(7,8)50-41(31-33-47(51-34-21-35-52-47)32-30-39-22-13-9-14-23-39)36-42(48-37-40-24-15-10-16-25-40)38-49-54(46(4,5)6,43-26-17-11-18-27-43)44-28-19-12-20-29-44/h9-20,22-30,32,41-42H,21,31,33-38H2,1-8H3/b32-30+/t41-,42+/m0/s1. The monoisotopic (exact) mass is 796 g/mol. The van der Waals surface area contributed by atoms with Crippen LogP contribution in [0, 0.1) is 0 Å². The van der Waals surface area contributed by atoms with Crippen molar-refractivity contribution < 1.29 is 13.6 Å². The third kappa shape index (κ3) is 11.4. The first-order chi connectivity index (χ1) is 25.7. The Balaban J connectivity index is 1.48. The van der Waals surface area contributed by atoms with Gasteiger partial charge in [0.1, 0.15) is 0 Å². The molecule has 1 fully saturated rings. The molecular weight excluding hydrogens is 733 g/mol. The Bertz CT molecular complexity index is 1660. The third-order valence-corrected chi connectivity index (χ3v) is 24.0. The zero-order valence-electron chi connectivity index (χ0n) is 34.1. The summed E-state index contributed by atoms with van der Waals surface area (Å²) in [5, 5.41) is 2.55. The van der Waals surface area contributed by atoms with Crippen LogP contribution in [0.2, 0.25) is 23.2 Å². The molecule has 3 nitrogen and oxygen atoms in total. The molecule has 290 valence electrons. The van der Waals surface area contributed by atoms with E-state index in [2.05, 4.69) is 212 Å². The summed E-state index contributed by atoms with van der Waals surface area (Å²) in [4.78, 5) is 0. The molecule has 0 aliphatic carbocycles. The lowest BCUT2D eigenvalue weighted by atomic mass is 10.0. The molecule has 0 N–H and O–H groups in total. The number of rotatable bonds is 17. The van der Waals surface area contributed by atoms with E-state index in [9.17, 15) is 0 Å². The summed E-state index contributed by atoms with van der Waals surface area (Å²) < 4.78 is 22.0. The fourth-order valence-electron chi connectivity index (χ4n) is 7.13. The summed E-state index contributed by atoms with van der Waals surface area (Å²) in [6.45, 7) is 19.9. The van der Waals surface area contributed by atoms with E-state index in [0.29, 0.717) is 13.2 Å². The van der Waals surface area contributed by atoms with Gasteiger partial charge in [0.15, 0.2) is 8.32 Å². The summed E-state index contributed by atoms with van der Waals surface area (Å²) >= 11 is 4.23. The fourth-order valence-corrected chi connectivity index (χ4v) is 16.3. The highest BCUT2D eigenvalue weighted by Gasteiger charge is 2.50. The van der Waals surface area contributed by atoms with Crippen LogP contribution in [0.5, 0.6) is 0 Å². The first-order valence-electron chi connectivity index (χ1n) is 19.8. The molecule has 0 aromatic heterocycles. The fraction of sp³-hybridized carbons (Fsp3) is 0.447. The Morgan fingerprint density at radius 1 is 0.685 bits per heavy atom. The molecule has 0 amide bonds. The van der Waals surface area contributed by atoms with Crippen molar-refractivity contribution in [2.45, 2.75) is 113 Å². The molecular formula is C47H64O3S2Si2. The Kier molecular flexibility index (Phi) is 15.2. The zero-order chi connectivity index (χ0) is 38.7. The van der Waals surface area contributed by atoms with E-state index >= 15 is 0 Å². The van der Waals surface area contributed by atoms with Crippen molar-refractivity contribution in [1.29, 1.82) is 0 Å². The molecule has 0 saturated carbocycles. The van der Waals surface area contributed by atoms with Crippen molar-refractivity contribution in [2.75, 3.05) is 18.1 Å². The van der Waals surface area contributed by atoms with Crippen LogP contribution in [0.25, 0.3) is 6.08 Å². The predicted octanol–water partition coefficient (Wildman–Crippen LogP) is 12.0. The van der Waals surface area contributed by atoms with E-state index in [1.54, 1.807) is 0 Å². The third-order valence-electron chi connectivity index (χ3n) is 11.1. The minimum atomic E-state index is -2.78. The molecule has 5 rings (SSSR count). The minimum Gasteiger partial charge on any atom is -0.414 e. The van der Waals surface area contributed by atoms with E-state index < -0.39 is 16.6 Å². The van der Waals surface area contributed by atoms with Crippen LogP contribution < -0.4 is 10.4 Å². The van der Waals surface area contributed by atoms with Gasteiger partial charge in [-0.2, -0.15) is 0 Å². The molecule has 2 atom stereocenters. The first kappa shape index (κ1) is 42.8. The summed E-state index contributed by atoms with van der Waals surface area (Å²) in [6, 6.07) is 43.3. The Morgan fingerprint density at radius 3 is 1.72 bits per heavy atom. The molecule has 4 aromatic carbocycles. The molecule has 1 aliphatic rings. The van der Waals surface area contributed by atoms with Gasteiger partial charge in [-0.15, -0.1) is 23.5 Å². The van der Waals surface area contributed by atoms with Crippen LogP contribution in [0.3, 0.4) is 0 Å². The second-order valence-corrected chi connectivity index (χ2v) is 29.4. The highest BCUT2D eigenvalue weighted by atomic mass is 32.2. The van der Waals surface area contributed by atoms with Gasteiger partial charge in [-0.25, -0.2) is 0 Å². The molecule has 7 heteroatoms. The normalized spacial score (nSPS) is 16.7. The number of hydrogen-bond donors (Lipinski definition) is 0. The predicted molar refractivity (Wildman–Crippen MR) is 242 cm³/mol. The van der Waals surface area contributed by atoms with Crippen LogP contribution >= 0.6 is 23.5 Å². The van der Waals surface area contributed by atoms with Gasteiger partial charge in [0.05, 0.1) is 23.4 Å². The van der Waals surface area contributed by atoms with Gasteiger partial charge < -0.3 is 13.6 Å². The summed E-state index contributed by atoms with van der Waals surface area (Å²) in [7, 11) is -4.89. The average Bonchev–Trinajstić information content (AvgIpc) is 3.16. The average molecular weight is 797 g/mol. The molecule has 0 bridgehead atoms. The quantitative estimate of drug-likeness (QED) is 0.0992. The molecule has 0 spiro atoms. The van der Waals surface area contributed by atoms with E-state index in [4.69, 9.17) is 13.6 Å². The van der Waals surface area contributed by atoms with Gasteiger partial charge in [-0.05, 0) is 75.4 Å². The molecule has 1 aliphatic heterocycles. The van der Waals surface area contributed by atoms with Gasteiger partial charge in [0.2, 0.25) is 0 Å². The molecule has 0 radical (unpaired) electrons. The maximum absolute atomic E-state index is 7.57. The second-order valence-electron chi connectivity index (χ2n) is 17.3. The largest absolute Gasteiger partial charge is 0.414 e. The van der Waals surface area contributed by atoms with E-state index in [-0.39, 0.29) is 26.4 Å². The molecule has 1 saturated heterocycles. The van der Waals surface area contributed by atoms with Crippen molar-refractivity contribution in [3.63, 3.8) is 0 Å². The van der Waals surface area contributed by atoms with Gasteiger partial charge in [0, 0.05) is 12.5 Å². The number of thioether (sulfide) groups is 2. The van der Waals surface area contributed by atoms with E-state index in [0.717, 1.165) is 19.3 Å². The van der Waals surface area contributed by atoms with Gasteiger partial charge in [-0.1, -0.05) is 175 Å². The Morgan fingerprint density at radius 2 is 1.20 bits per heavy atom. The van der Waals surface area contributed by atoms with Crippen molar-refractivity contribution in [3.8, 4) is 0 Å². The molecule has 1 heterocycles. The van der Waals surface area contributed by atoms with Crippen LogP contribution in [0.1, 0.15) is 78.4 Å². The lowest BCUT2D eigenvalue weighted by Crippen LogP contribution is -2.67. The first-order valence-corrected chi connectivity index (χ1v) is 26.6. The van der Waals surface area contributed by atoms with Crippen molar-refractivity contribution >= 4 is 56.6 Å². The van der Waals surface area contributed by atoms with Crippen molar-refractivity contribution in [3.05, 3.63) is 139 Å².